The molecule has 138 valence electrons. The normalized spacial score (nSPS) is 11.9. The standard InChI is InChI=1S/C20H15F3N2OS/c1-12-18(11-26-17-4-2-3-16-15(17)9-10-24-16)27-19(25-12)13-5-7-14(8-6-13)20(21,22)23/h2-10,24H,11H2,1H3. The minimum Gasteiger partial charge on any atom is -0.487 e. The highest BCUT2D eigenvalue weighted by molar-refractivity contribution is 7.15. The number of halogens is 3. The number of fused-ring (bicyclic) bond motifs is 1. The predicted molar refractivity (Wildman–Crippen MR) is 99.9 cm³/mol. The van der Waals surface area contributed by atoms with E-state index in [2.05, 4.69) is 9.97 Å². The largest absolute Gasteiger partial charge is 0.487 e. The molecule has 0 radical (unpaired) electrons. The Kier molecular flexibility index (Phi) is 4.39. The van der Waals surface area contributed by atoms with Crippen LogP contribution in [0.25, 0.3) is 21.5 Å². The average Bonchev–Trinajstić information content (AvgIpc) is 3.26. The second-order valence-corrected chi connectivity index (χ2v) is 7.17. The highest BCUT2D eigenvalue weighted by Crippen LogP contribution is 2.33. The van der Waals surface area contributed by atoms with Crippen LogP contribution in [0.2, 0.25) is 0 Å². The van der Waals surface area contributed by atoms with Crippen LogP contribution in [0.4, 0.5) is 13.2 Å². The Labute approximate surface area is 157 Å². The number of rotatable bonds is 4. The fourth-order valence-electron chi connectivity index (χ4n) is 2.81. The van der Waals surface area contributed by atoms with E-state index in [1.165, 1.54) is 23.5 Å². The number of nitrogens with one attached hydrogen (secondary N) is 1. The van der Waals surface area contributed by atoms with E-state index in [0.717, 1.165) is 39.4 Å². The van der Waals surface area contributed by atoms with E-state index in [1.807, 2.05) is 37.4 Å². The van der Waals surface area contributed by atoms with Crippen molar-refractivity contribution in [2.75, 3.05) is 0 Å². The Morgan fingerprint density at radius 2 is 1.85 bits per heavy atom. The summed E-state index contributed by atoms with van der Waals surface area (Å²) in [5.74, 6) is 0.776. The molecule has 0 unspecified atom stereocenters. The minimum atomic E-state index is -4.34. The Bertz CT molecular complexity index is 1080. The number of ether oxygens (including phenoxy) is 1. The van der Waals surface area contributed by atoms with E-state index < -0.39 is 11.7 Å². The lowest BCUT2D eigenvalue weighted by Gasteiger charge is -2.06. The molecule has 0 amide bonds. The lowest BCUT2D eigenvalue weighted by atomic mass is 10.1. The molecule has 0 bridgehead atoms. The highest BCUT2D eigenvalue weighted by Gasteiger charge is 2.30. The number of benzene rings is 2. The van der Waals surface area contributed by atoms with E-state index in [9.17, 15) is 13.2 Å². The molecule has 1 N–H and O–H groups in total. The van der Waals surface area contributed by atoms with Crippen molar-refractivity contribution in [2.24, 2.45) is 0 Å². The quantitative estimate of drug-likeness (QED) is 0.452. The third-order valence-electron chi connectivity index (χ3n) is 4.27. The van der Waals surface area contributed by atoms with Gasteiger partial charge in [-0.2, -0.15) is 13.2 Å². The van der Waals surface area contributed by atoms with Crippen molar-refractivity contribution in [3.8, 4) is 16.3 Å². The summed E-state index contributed by atoms with van der Waals surface area (Å²) in [6.45, 7) is 2.23. The Balaban J connectivity index is 1.54. The van der Waals surface area contributed by atoms with Crippen molar-refractivity contribution < 1.29 is 17.9 Å². The maximum absolute atomic E-state index is 12.7. The first kappa shape index (κ1) is 17.6. The van der Waals surface area contributed by atoms with Gasteiger partial charge in [-0.1, -0.05) is 18.2 Å². The zero-order chi connectivity index (χ0) is 19.0. The Morgan fingerprint density at radius 3 is 2.59 bits per heavy atom. The van der Waals surface area contributed by atoms with Gasteiger partial charge >= 0.3 is 6.18 Å². The minimum absolute atomic E-state index is 0.356. The van der Waals surface area contributed by atoms with Crippen molar-refractivity contribution in [1.82, 2.24) is 9.97 Å². The molecule has 0 fully saturated rings. The van der Waals surface area contributed by atoms with Gasteiger partial charge in [-0.3, -0.25) is 0 Å². The van der Waals surface area contributed by atoms with Gasteiger partial charge < -0.3 is 9.72 Å². The molecule has 0 atom stereocenters. The third-order valence-corrected chi connectivity index (χ3v) is 5.45. The van der Waals surface area contributed by atoms with Crippen LogP contribution in [0.5, 0.6) is 5.75 Å². The van der Waals surface area contributed by atoms with E-state index in [0.29, 0.717) is 17.2 Å². The second kappa shape index (κ2) is 6.74. The summed E-state index contributed by atoms with van der Waals surface area (Å²) < 4.78 is 44.1. The number of hydrogen-bond donors (Lipinski definition) is 1. The second-order valence-electron chi connectivity index (χ2n) is 6.09. The first-order valence-corrected chi connectivity index (χ1v) is 9.06. The maximum atomic E-state index is 12.7. The van der Waals surface area contributed by atoms with Gasteiger partial charge in [-0.15, -0.1) is 11.3 Å². The van der Waals surface area contributed by atoms with Crippen molar-refractivity contribution in [1.29, 1.82) is 0 Å². The summed E-state index contributed by atoms with van der Waals surface area (Å²) in [6, 6.07) is 12.8. The van der Waals surface area contributed by atoms with Gasteiger partial charge in [0.15, 0.2) is 0 Å². The number of hydrogen-bond acceptors (Lipinski definition) is 3. The van der Waals surface area contributed by atoms with Crippen molar-refractivity contribution in [3.63, 3.8) is 0 Å². The predicted octanol–water partition coefficient (Wildman–Crippen LogP) is 6.20. The summed E-state index contributed by atoms with van der Waals surface area (Å²) in [5.41, 5.74) is 1.81. The molecule has 0 aliphatic heterocycles. The van der Waals surface area contributed by atoms with E-state index in [-0.39, 0.29) is 0 Å². The smallest absolute Gasteiger partial charge is 0.416 e. The molecule has 4 aromatic rings. The summed E-state index contributed by atoms with van der Waals surface area (Å²) >= 11 is 1.43. The monoisotopic (exact) mass is 388 g/mol. The first-order chi connectivity index (χ1) is 12.9. The SMILES string of the molecule is Cc1nc(-c2ccc(C(F)(F)F)cc2)sc1COc1cccc2[nH]ccc12. The molecular formula is C20H15F3N2OS. The molecule has 4 rings (SSSR count). The van der Waals surface area contributed by atoms with Crippen LogP contribution in [0.1, 0.15) is 16.1 Å². The van der Waals surface area contributed by atoms with Gasteiger partial charge in [0.05, 0.1) is 16.1 Å². The Hall–Kier alpha value is -2.80. The molecule has 2 heterocycles. The lowest BCUT2D eigenvalue weighted by molar-refractivity contribution is -0.137. The molecule has 2 aromatic carbocycles. The van der Waals surface area contributed by atoms with Gasteiger partial charge in [-0.05, 0) is 37.3 Å². The number of nitrogens with zero attached hydrogens (tertiary/aromatic N) is 1. The molecule has 0 saturated carbocycles. The number of aromatic amines is 1. The van der Waals surface area contributed by atoms with Gasteiger partial charge in [0.1, 0.15) is 17.4 Å². The fraction of sp³-hybridized carbons (Fsp3) is 0.150. The first-order valence-electron chi connectivity index (χ1n) is 8.24. The molecule has 0 aliphatic rings. The third kappa shape index (κ3) is 3.55. The van der Waals surface area contributed by atoms with Crippen molar-refractivity contribution in [2.45, 2.75) is 19.7 Å². The van der Waals surface area contributed by atoms with E-state index in [4.69, 9.17) is 4.74 Å². The van der Waals surface area contributed by atoms with Gasteiger partial charge in [0, 0.05) is 22.7 Å². The fourth-order valence-corrected chi connectivity index (χ4v) is 3.79. The molecule has 2 aromatic heterocycles. The summed E-state index contributed by atoms with van der Waals surface area (Å²) in [4.78, 5) is 8.57. The number of alkyl halides is 3. The highest BCUT2D eigenvalue weighted by atomic mass is 32.1. The molecule has 0 aliphatic carbocycles. The van der Waals surface area contributed by atoms with Crippen LogP contribution in [0.15, 0.2) is 54.7 Å². The van der Waals surface area contributed by atoms with Gasteiger partial charge in [0.25, 0.3) is 0 Å². The van der Waals surface area contributed by atoms with Crippen molar-refractivity contribution in [3.05, 3.63) is 70.9 Å². The molecule has 0 spiro atoms. The molecule has 3 nitrogen and oxygen atoms in total. The molecule has 7 heteroatoms. The number of aryl methyl sites for hydroxylation is 1. The summed E-state index contributed by atoms with van der Waals surface area (Å²) in [6.07, 6.45) is -2.48. The zero-order valence-corrected chi connectivity index (χ0v) is 15.1. The number of aromatic nitrogens is 2. The van der Waals surface area contributed by atoms with Crippen LogP contribution in [-0.2, 0) is 12.8 Å². The van der Waals surface area contributed by atoms with Crippen LogP contribution >= 0.6 is 11.3 Å². The van der Waals surface area contributed by atoms with Gasteiger partial charge in [-0.25, -0.2) is 4.98 Å². The van der Waals surface area contributed by atoms with Crippen LogP contribution < -0.4 is 4.74 Å². The Morgan fingerprint density at radius 1 is 1.07 bits per heavy atom. The van der Waals surface area contributed by atoms with Crippen LogP contribution in [0, 0.1) is 6.92 Å². The van der Waals surface area contributed by atoms with E-state index >= 15 is 0 Å². The summed E-state index contributed by atoms with van der Waals surface area (Å²) in [5, 5.41) is 1.68. The van der Waals surface area contributed by atoms with Gasteiger partial charge in [0.2, 0.25) is 0 Å². The van der Waals surface area contributed by atoms with E-state index in [1.54, 1.807) is 0 Å². The lowest BCUT2D eigenvalue weighted by Crippen LogP contribution is -2.03. The topological polar surface area (TPSA) is 37.9 Å². The van der Waals surface area contributed by atoms with Crippen LogP contribution in [0.3, 0.4) is 0 Å². The number of H-pyrrole nitrogens is 1. The molecular weight excluding hydrogens is 373 g/mol. The number of thiazole rings is 1. The summed E-state index contributed by atoms with van der Waals surface area (Å²) in [7, 11) is 0. The maximum Gasteiger partial charge on any atom is 0.416 e. The van der Waals surface area contributed by atoms with Crippen LogP contribution in [-0.4, -0.2) is 9.97 Å². The molecule has 0 saturated heterocycles. The van der Waals surface area contributed by atoms with Crippen molar-refractivity contribution >= 4 is 22.2 Å². The average molecular weight is 388 g/mol. The molecule has 27 heavy (non-hydrogen) atoms. The zero-order valence-electron chi connectivity index (χ0n) is 14.3.